The van der Waals surface area contributed by atoms with Crippen molar-refractivity contribution in [3.8, 4) is 17.1 Å². The lowest BCUT2D eigenvalue weighted by molar-refractivity contribution is -0.133. The maximum Gasteiger partial charge on any atom is 0.242 e. The van der Waals surface area contributed by atoms with Gasteiger partial charge in [0.25, 0.3) is 0 Å². The minimum atomic E-state index is 0.0937. The van der Waals surface area contributed by atoms with E-state index < -0.39 is 0 Å². The van der Waals surface area contributed by atoms with Crippen LogP contribution in [-0.4, -0.2) is 45.3 Å². The number of amides is 1. The van der Waals surface area contributed by atoms with Crippen molar-refractivity contribution >= 4 is 18.1 Å². The lowest BCUT2D eigenvalue weighted by atomic mass is 10.0. The zero-order valence-corrected chi connectivity index (χ0v) is 15.5. The minimum absolute atomic E-state index is 0.0937. The molecule has 1 amide bonds. The van der Waals surface area contributed by atoms with Crippen LogP contribution in [0.25, 0.3) is 11.4 Å². The third-order valence-electron chi connectivity index (χ3n) is 4.48. The highest BCUT2D eigenvalue weighted by atomic mass is 32.1. The van der Waals surface area contributed by atoms with Crippen LogP contribution in [-0.2, 0) is 11.3 Å². The standard InChI is InChI=1S/C18H24N4O2S/c1-3-24-15-8-6-14(7-9-15)17-19-20-18(25)22(17)12-16(23)21-10-4-5-13(2)11-21/h6-9,13H,3-5,10-12H2,1-2H3,(H,20,25)/t13-/m1/s1. The van der Waals surface area contributed by atoms with Gasteiger partial charge in [-0.1, -0.05) is 6.92 Å². The fourth-order valence-corrected chi connectivity index (χ4v) is 3.40. The largest absolute Gasteiger partial charge is 0.494 e. The predicted octanol–water partition coefficient (Wildman–Crippen LogP) is 3.26. The highest BCUT2D eigenvalue weighted by Gasteiger charge is 2.22. The molecule has 1 saturated heterocycles. The Hall–Kier alpha value is -2.15. The molecule has 1 N–H and O–H groups in total. The molecule has 1 aliphatic rings. The number of H-pyrrole nitrogens is 1. The molecule has 3 rings (SSSR count). The number of carbonyl (C=O) groups excluding carboxylic acids is 1. The Morgan fingerprint density at radius 1 is 1.40 bits per heavy atom. The molecule has 0 radical (unpaired) electrons. The van der Waals surface area contributed by atoms with Gasteiger partial charge >= 0.3 is 0 Å². The number of ether oxygens (including phenoxy) is 1. The third kappa shape index (κ3) is 4.10. The van der Waals surface area contributed by atoms with Gasteiger partial charge in [0.15, 0.2) is 10.6 Å². The van der Waals surface area contributed by atoms with E-state index in [4.69, 9.17) is 17.0 Å². The summed E-state index contributed by atoms with van der Waals surface area (Å²) in [5, 5.41) is 7.12. The van der Waals surface area contributed by atoms with Crippen LogP contribution in [0.15, 0.2) is 24.3 Å². The van der Waals surface area contributed by atoms with Gasteiger partial charge in [-0.05, 0) is 62.2 Å². The summed E-state index contributed by atoms with van der Waals surface area (Å²) in [6.07, 6.45) is 2.25. The van der Waals surface area contributed by atoms with Crippen LogP contribution in [0, 0.1) is 10.7 Å². The zero-order chi connectivity index (χ0) is 17.8. The SMILES string of the molecule is CCOc1ccc(-c2n[nH]c(=S)n2CC(=O)N2CCC[C@@H](C)C2)cc1. The number of carbonyl (C=O) groups is 1. The van der Waals surface area contributed by atoms with Crippen molar-refractivity contribution in [3.63, 3.8) is 0 Å². The van der Waals surface area contributed by atoms with Crippen LogP contribution < -0.4 is 4.74 Å². The number of nitrogens with one attached hydrogen (secondary N) is 1. The molecule has 1 aromatic carbocycles. The average molecular weight is 360 g/mol. The van der Waals surface area contributed by atoms with Crippen LogP contribution in [0.2, 0.25) is 0 Å². The third-order valence-corrected chi connectivity index (χ3v) is 4.80. The zero-order valence-electron chi connectivity index (χ0n) is 14.7. The summed E-state index contributed by atoms with van der Waals surface area (Å²) in [6, 6.07) is 7.66. The van der Waals surface area contributed by atoms with E-state index in [0.717, 1.165) is 30.8 Å². The van der Waals surface area contributed by atoms with Crippen molar-refractivity contribution in [2.45, 2.75) is 33.2 Å². The Morgan fingerprint density at radius 3 is 2.84 bits per heavy atom. The van der Waals surface area contributed by atoms with Crippen LogP contribution in [0.3, 0.4) is 0 Å². The second-order valence-corrected chi connectivity index (χ2v) is 6.87. The van der Waals surface area contributed by atoms with Crippen LogP contribution in [0.4, 0.5) is 0 Å². The number of hydrogen-bond donors (Lipinski definition) is 1. The van der Waals surface area contributed by atoms with E-state index in [1.165, 1.54) is 6.42 Å². The maximum atomic E-state index is 12.7. The molecule has 2 heterocycles. The highest BCUT2D eigenvalue weighted by molar-refractivity contribution is 7.71. The quantitative estimate of drug-likeness (QED) is 0.831. The molecule has 2 aromatic rings. The van der Waals surface area contributed by atoms with Crippen molar-refractivity contribution in [1.29, 1.82) is 0 Å². The molecule has 0 bridgehead atoms. The molecule has 0 aliphatic carbocycles. The number of piperidine rings is 1. The molecule has 0 saturated carbocycles. The summed E-state index contributed by atoms with van der Waals surface area (Å²) in [5.74, 6) is 2.13. The summed E-state index contributed by atoms with van der Waals surface area (Å²) in [6.45, 7) is 6.63. The normalized spacial score (nSPS) is 17.5. The number of benzene rings is 1. The molecule has 1 aliphatic heterocycles. The fraction of sp³-hybridized carbons (Fsp3) is 0.500. The Balaban J connectivity index is 1.79. The minimum Gasteiger partial charge on any atom is -0.494 e. The number of hydrogen-bond acceptors (Lipinski definition) is 4. The number of nitrogens with zero attached hydrogens (tertiary/aromatic N) is 3. The van der Waals surface area contributed by atoms with E-state index in [-0.39, 0.29) is 12.5 Å². The van der Waals surface area contributed by atoms with Gasteiger partial charge in [0.2, 0.25) is 5.91 Å². The number of rotatable bonds is 5. The smallest absolute Gasteiger partial charge is 0.242 e. The van der Waals surface area contributed by atoms with Gasteiger partial charge in [0.05, 0.1) is 6.61 Å². The first kappa shape index (κ1) is 17.7. The molecule has 1 aromatic heterocycles. The molecule has 0 unspecified atom stereocenters. The van der Waals surface area contributed by atoms with Gasteiger partial charge in [0, 0.05) is 18.7 Å². The number of aromatic nitrogens is 3. The van der Waals surface area contributed by atoms with E-state index in [1.807, 2.05) is 36.1 Å². The van der Waals surface area contributed by atoms with Gasteiger partial charge < -0.3 is 9.64 Å². The fourth-order valence-electron chi connectivity index (χ4n) is 3.20. The van der Waals surface area contributed by atoms with Gasteiger partial charge in [-0.25, -0.2) is 0 Å². The first-order valence-corrected chi connectivity index (χ1v) is 9.15. The Bertz CT molecular complexity index is 781. The van der Waals surface area contributed by atoms with Crippen molar-refractivity contribution in [2.75, 3.05) is 19.7 Å². The molecule has 1 fully saturated rings. The topological polar surface area (TPSA) is 63.1 Å². The molecule has 25 heavy (non-hydrogen) atoms. The molecule has 1 atom stereocenters. The van der Waals surface area contributed by atoms with Gasteiger partial charge in [-0.15, -0.1) is 0 Å². The molecular weight excluding hydrogens is 336 g/mol. The van der Waals surface area contributed by atoms with Crippen molar-refractivity contribution < 1.29 is 9.53 Å². The van der Waals surface area contributed by atoms with Crippen LogP contribution >= 0.6 is 12.2 Å². The number of aromatic amines is 1. The Labute approximate surface area is 152 Å². The lowest BCUT2D eigenvalue weighted by Crippen LogP contribution is -2.40. The second kappa shape index (κ2) is 7.82. The summed E-state index contributed by atoms with van der Waals surface area (Å²) < 4.78 is 7.70. The van der Waals surface area contributed by atoms with E-state index in [1.54, 1.807) is 4.57 Å². The van der Waals surface area contributed by atoms with Crippen LogP contribution in [0.5, 0.6) is 5.75 Å². The average Bonchev–Trinajstić information content (AvgIpc) is 2.97. The Morgan fingerprint density at radius 2 is 2.16 bits per heavy atom. The lowest BCUT2D eigenvalue weighted by Gasteiger charge is -2.31. The van der Waals surface area contributed by atoms with E-state index >= 15 is 0 Å². The first-order chi connectivity index (χ1) is 12.1. The predicted molar refractivity (Wildman–Crippen MR) is 99.0 cm³/mol. The van der Waals surface area contributed by atoms with E-state index in [2.05, 4.69) is 17.1 Å². The van der Waals surface area contributed by atoms with Crippen molar-refractivity contribution in [2.24, 2.45) is 5.92 Å². The van der Waals surface area contributed by atoms with Crippen molar-refractivity contribution in [3.05, 3.63) is 29.0 Å². The van der Waals surface area contributed by atoms with Gasteiger partial charge in [-0.3, -0.25) is 14.5 Å². The molecular formula is C18H24N4O2S. The molecule has 134 valence electrons. The molecule has 0 spiro atoms. The monoisotopic (exact) mass is 360 g/mol. The summed E-state index contributed by atoms with van der Waals surface area (Å²) in [5.41, 5.74) is 0.899. The Kier molecular flexibility index (Phi) is 5.53. The summed E-state index contributed by atoms with van der Waals surface area (Å²) >= 11 is 5.33. The summed E-state index contributed by atoms with van der Waals surface area (Å²) in [4.78, 5) is 14.6. The second-order valence-electron chi connectivity index (χ2n) is 6.48. The first-order valence-electron chi connectivity index (χ1n) is 8.74. The van der Waals surface area contributed by atoms with E-state index in [9.17, 15) is 4.79 Å². The van der Waals surface area contributed by atoms with Gasteiger partial charge in [-0.2, -0.15) is 5.10 Å². The molecule has 6 nitrogen and oxygen atoms in total. The molecule has 7 heteroatoms. The number of likely N-dealkylation sites (tertiary alicyclic amines) is 1. The van der Waals surface area contributed by atoms with Crippen LogP contribution in [0.1, 0.15) is 26.7 Å². The highest BCUT2D eigenvalue weighted by Crippen LogP contribution is 2.22. The van der Waals surface area contributed by atoms with Gasteiger partial charge in [0.1, 0.15) is 12.3 Å². The maximum absolute atomic E-state index is 12.7. The summed E-state index contributed by atoms with van der Waals surface area (Å²) in [7, 11) is 0. The van der Waals surface area contributed by atoms with Crippen molar-refractivity contribution in [1.82, 2.24) is 19.7 Å². The van der Waals surface area contributed by atoms with E-state index in [0.29, 0.717) is 23.1 Å².